The molecule has 12 heavy (non-hydrogen) atoms. The summed E-state index contributed by atoms with van der Waals surface area (Å²) in [5.74, 6) is 0. The molecule has 0 spiro atoms. The van der Waals surface area contributed by atoms with Crippen LogP contribution in [-0.2, 0) is 4.74 Å². The molecular weight excluding hydrogens is 150 g/mol. The molecule has 0 unspecified atom stereocenters. The van der Waals surface area contributed by atoms with Crippen molar-refractivity contribution >= 4 is 0 Å². The molecule has 0 bridgehead atoms. The first kappa shape index (κ1) is 10.0. The Labute approximate surface area is 75.9 Å². The summed E-state index contributed by atoms with van der Waals surface area (Å²) in [4.78, 5) is 2.32. The monoisotopic (exact) mass is 171 g/mol. The van der Waals surface area contributed by atoms with E-state index in [2.05, 4.69) is 32.8 Å². The molecule has 0 saturated carbocycles. The molecule has 0 aromatic heterocycles. The maximum absolute atomic E-state index is 5.79. The smallest absolute Gasteiger partial charge is 0.0591 e. The van der Waals surface area contributed by atoms with Gasteiger partial charge in [0.05, 0.1) is 12.2 Å². The predicted molar refractivity (Wildman–Crippen MR) is 51.3 cm³/mol. The molecule has 0 N–H and O–H groups in total. The van der Waals surface area contributed by atoms with Crippen LogP contribution in [0.3, 0.4) is 0 Å². The van der Waals surface area contributed by atoms with Crippen LogP contribution in [0.5, 0.6) is 0 Å². The van der Waals surface area contributed by atoms with Crippen LogP contribution in [0.4, 0.5) is 0 Å². The van der Waals surface area contributed by atoms with E-state index in [0.29, 0.717) is 12.2 Å². The van der Waals surface area contributed by atoms with Gasteiger partial charge in [0.2, 0.25) is 0 Å². The van der Waals surface area contributed by atoms with Crippen molar-refractivity contribution in [2.75, 3.05) is 14.1 Å². The number of rotatable bonds is 2. The van der Waals surface area contributed by atoms with Crippen LogP contribution >= 0.6 is 0 Å². The highest BCUT2D eigenvalue weighted by atomic mass is 16.5. The van der Waals surface area contributed by atoms with Crippen molar-refractivity contribution in [1.82, 2.24) is 4.90 Å². The largest absolute Gasteiger partial charge is 0.375 e. The van der Waals surface area contributed by atoms with Gasteiger partial charge in [-0.1, -0.05) is 6.92 Å². The van der Waals surface area contributed by atoms with Gasteiger partial charge in [0.25, 0.3) is 0 Å². The maximum atomic E-state index is 5.79. The van der Waals surface area contributed by atoms with Crippen molar-refractivity contribution in [3.63, 3.8) is 0 Å². The third kappa shape index (κ3) is 2.46. The van der Waals surface area contributed by atoms with Gasteiger partial charge in [0, 0.05) is 6.04 Å². The lowest BCUT2D eigenvalue weighted by molar-refractivity contribution is -0.0679. The van der Waals surface area contributed by atoms with E-state index in [9.17, 15) is 0 Å². The minimum absolute atomic E-state index is 0.441. The minimum Gasteiger partial charge on any atom is -0.375 e. The molecule has 1 fully saturated rings. The standard InChI is InChI=1S/C10H21NO/c1-5-10-7-9(11(3)4)6-8(2)12-10/h8-10H,5-7H2,1-4H3/t8-,9+,10+/m1/s1. The Morgan fingerprint density at radius 3 is 2.50 bits per heavy atom. The summed E-state index contributed by atoms with van der Waals surface area (Å²) < 4.78 is 5.79. The van der Waals surface area contributed by atoms with E-state index in [1.807, 2.05) is 0 Å². The summed E-state index contributed by atoms with van der Waals surface area (Å²) in [6, 6.07) is 0.721. The van der Waals surface area contributed by atoms with E-state index in [4.69, 9.17) is 4.74 Å². The zero-order chi connectivity index (χ0) is 9.14. The highest BCUT2D eigenvalue weighted by Crippen LogP contribution is 2.23. The Kier molecular flexibility index (Phi) is 3.53. The molecular formula is C10H21NO. The van der Waals surface area contributed by atoms with Gasteiger partial charge in [-0.15, -0.1) is 0 Å². The number of hydrogen-bond donors (Lipinski definition) is 0. The van der Waals surface area contributed by atoms with E-state index >= 15 is 0 Å². The highest BCUT2D eigenvalue weighted by molar-refractivity contribution is 4.79. The first-order chi connectivity index (χ1) is 5.63. The molecule has 2 heteroatoms. The molecule has 1 aliphatic rings. The minimum atomic E-state index is 0.441. The lowest BCUT2D eigenvalue weighted by Gasteiger charge is -2.36. The predicted octanol–water partition coefficient (Wildman–Crippen LogP) is 1.89. The number of nitrogens with zero attached hydrogens (tertiary/aromatic N) is 1. The summed E-state index contributed by atoms with van der Waals surface area (Å²) in [5.41, 5.74) is 0. The molecule has 72 valence electrons. The van der Waals surface area contributed by atoms with Crippen LogP contribution in [-0.4, -0.2) is 37.2 Å². The molecule has 1 aliphatic heterocycles. The summed E-state index contributed by atoms with van der Waals surface area (Å²) in [6.07, 6.45) is 4.46. The summed E-state index contributed by atoms with van der Waals surface area (Å²) >= 11 is 0. The molecule has 1 rings (SSSR count). The average Bonchev–Trinajstić information content (AvgIpc) is 2.03. The molecule has 3 atom stereocenters. The zero-order valence-corrected chi connectivity index (χ0v) is 8.71. The number of ether oxygens (including phenoxy) is 1. The van der Waals surface area contributed by atoms with Crippen molar-refractivity contribution in [3.05, 3.63) is 0 Å². The third-order valence-electron chi connectivity index (χ3n) is 2.75. The first-order valence-electron chi connectivity index (χ1n) is 4.95. The summed E-state index contributed by atoms with van der Waals surface area (Å²) in [5, 5.41) is 0. The van der Waals surface area contributed by atoms with Crippen LogP contribution in [0, 0.1) is 0 Å². The zero-order valence-electron chi connectivity index (χ0n) is 8.71. The lowest BCUT2D eigenvalue weighted by Crippen LogP contribution is -2.41. The van der Waals surface area contributed by atoms with Gasteiger partial charge < -0.3 is 9.64 Å². The molecule has 1 heterocycles. The number of hydrogen-bond acceptors (Lipinski definition) is 2. The third-order valence-corrected chi connectivity index (χ3v) is 2.75. The highest BCUT2D eigenvalue weighted by Gasteiger charge is 2.26. The van der Waals surface area contributed by atoms with Crippen LogP contribution in [0.2, 0.25) is 0 Å². The van der Waals surface area contributed by atoms with E-state index in [-0.39, 0.29) is 0 Å². The second-order valence-corrected chi connectivity index (χ2v) is 4.07. The molecule has 0 aromatic rings. The quantitative estimate of drug-likeness (QED) is 0.629. The molecule has 0 aliphatic carbocycles. The Bertz CT molecular complexity index is 136. The average molecular weight is 171 g/mol. The topological polar surface area (TPSA) is 12.5 Å². The van der Waals surface area contributed by atoms with Gasteiger partial charge in [-0.25, -0.2) is 0 Å². The van der Waals surface area contributed by atoms with Gasteiger partial charge in [0.15, 0.2) is 0 Å². The van der Waals surface area contributed by atoms with Crippen LogP contribution in [0.1, 0.15) is 33.1 Å². The van der Waals surface area contributed by atoms with Crippen LogP contribution in [0.15, 0.2) is 0 Å². The van der Waals surface area contributed by atoms with Gasteiger partial charge in [-0.05, 0) is 40.3 Å². The van der Waals surface area contributed by atoms with Crippen LogP contribution in [0.25, 0.3) is 0 Å². The van der Waals surface area contributed by atoms with Crippen molar-refractivity contribution < 1.29 is 4.74 Å². The fraction of sp³-hybridized carbons (Fsp3) is 1.00. The van der Waals surface area contributed by atoms with E-state index in [1.54, 1.807) is 0 Å². The fourth-order valence-electron chi connectivity index (χ4n) is 1.91. The van der Waals surface area contributed by atoms with Gasteiger partial charge >= 0.3 is 0 Å². The Hall–Kier alpha value is -0.0800. The first-order valence-corrected chi connectivity index (χ1v) is 4.95. The Morgan fingerprint density at radius 1 is 1.33 bits per heavy atom. The molecule has 0 amide bonds. The fourth-order valence-corrected chi connectivity index (χ4v) is 1.91. The summed E-state index contributed by atoms with van der Waals surface area (Å²) in [6.45, 7) is 4.38. The van der Waals surface area contributed by atoms with Gasteiger partial charge in [-0.3, -0.25) is 0 Å². The van der Waals surface area contributed by atoms with E-state index in [1.165, 1.54) is 12.8 Å². The summed E-state index contributed by atoms with van der Waals surface area (Å²) in [7, 11) is 4.32. The van der Waals surface area contributed by atoms with Crippen molar-refractivity contribution in [3.8, 4) is 0 Å². The lowest BCUT2D eigenvalue weighted by atomic mass is 9.97. The van der Waals surface area contributed by atoms with Crippen molar-refractivity contribution in [2.45, 2.75) is 51.4 Å². The normalized spacial score (nSPS) is 37.2. The molecule has 0 radical (unpaired) electrons. The molecule has 2 nitrogen and oxygen atoms in total. The van der Waals surface area contributed by atoms with Gasteiger partial charge in [0.1, 0.15) is 0 Å². The second-order valence-electron chi connectivity index (χ2n) is 4.07. The Balaban J connectivity index is 2.45. The van der Waals surface area contributed by atoms with E-state index in [0.717, 1.165) is 12.5 Å². The molecule has 1 saturated heterocycles. The maximum Gasteiger partial charge on any atom is 0.0591 e. The van der Waals surface area contributed by atoms with Gasteiger partial charge in [-0.2, -0.15) is 0 Å². The van der Waals surface area contributed by atoms with Crippen molar-refractivity contribution in [2.24, 2.45) is 0 Å². The van der Waals surface area contributed by atoms with Crippen LogP contribution < -0.4 is 0 Å². The SMILES string of the molecule is CC[C@H]1C[C@@H](N(C)C)C[C@@H](C)O1. The second kappa shape index (κ2) is 4.24. The van der Waals surface area contributed by atoms with E-state index < -0.39 is 0 Å². The Morgan fingerprint density at radius 2 is 2.00 bits per heavy atom. The van der Waals surface area contributed by atoms with Crippen molar-refractivity contribution in [1.29, 1.82) is 0 Å². The molecule has 0 aromatic carbocycles.